The number of hydrogen-bond acceptors (Lipinski definition) is 5. The zero-order valence-corrected chi connectivity index (χ0v) is 13.7. The molecular formula is C18H15N3O4. The Hall–Kier alpha value is -3.35. The van der Waals surface area contributed by atoms with Crippen molar-refractivity contribution in [3.05, 3.63) is 36.4 Å². The van der Waals surface area contributed by atoms with Gasteiger partial charge in [-0.15, -0.1) is 0 Å². The molecule has 2 aromatic carbocycles. The third-order valence-electron chi connectivity index (χ3n) is 4.15. The molecule has 0 aliphatic carbocycles. The number of methoxy groups -OCH3 is 2. The number of aromatic nitrogens is 3. The fraction of sp³-hybridized carbons (Fsp3) is 0.167. The average molecular weight is 337 g/mol. The number of carboxylic acids is 1. The summed E-state index contributed by atoms with van der Waals surface area (Å²) >= 11 is 0. The minimum Gasteiger partial charge on any atom is -0.493 e. The second kappa shape index (κ2) is 5.62. The number of hydrogen-bond donors (Lipinski definition) is 1. The fourth-order valence-electron chi connectivity index (χ4n) is 3.06. The molecule has 7 nitrogen and oxygen atoms in total. The molecule has 126 valence electrons. The van der Waals surface area contributed by atoms with E-state index in [4.69, 9.17) is 14.5 Å². The van der Waals surface area contributed by atoms with E-state index >= 15 is 0 Å². The van der Waals surface area contributed by atoms with E-state index in [-0.39, 0.29) is 6.54 Å². The van der Waals surface area contributed by atoms with E-state index in [1.54, 1.807) is 30.9 Å². The molecule has 0 bridgehead atoms. The average Bonchev–Trinajstić information content (AvgIpc) is 2.91. The van der Waals surface area contributed by atoms with E-state index in [9.17, 15) is 9.90 Å². The number of carboxylic acid groups (broad SMARTS) is 1. The predicted molar refractivity (Wildman–Crippen MR) is 93.3 cm³/mol. The lowest BCUT2D eigenvalue weighted by Crippen LogP contribution is -2.09. The minimum atomic E-state index is -0.933. The van der Waals surface area contributed by atoms with E-state index in [0.717, 1.165) is 10.9 Å². The molecule has 0 amide bonds. The molecule has 4 aromatic rings. The minimum absolute atomic E-state index is 0.183. The van der Waals surface area contributed by atoms with Crippen LogP contribution in [0.15, 0.2) is 36.4 Å². The van der Waals surface area contributed by atoms with Crippen molar-refractivity contribution >= 4 is 39.1 Å². The molecule has 2 aromatic heterocycles. The van der Waals surface area contributed by atoms with Crippen LogP contribution in [0.2, 0.25) is 0 Å². The number of carbonyl (C=O) groups is 1. The van der Waals surface area contributed by atoms with E-state index in [2.05, 4.69) is 4.98 Å². The lowest BCUT2D eigenvalue weighted by atomic mass is 10.2. The largest absolute Gasteiger partial charge is 0.493 e. The number of para-hydroxylation sites is 1. The van der Waals surface area contributed by atoms with Crippen LogP contribution in [0.3, 0.4) is 0 Å². The first-order valence-electron chi connectivity index (χ1n) is 7.65. The Labute approximate surface area is 142 Å². The van der Waals surface area contributed by atoms with Crippen molar-refractivity contribution in [2.45, 2.75) is 6.54 Å². The summed E-state index contributed by atoms with van der Waals surface area (Å²) < 4.78 is 12.3. The Kier molecular flexibility index (Phi) is 3.42. The third-order valence-corrected chi connectivity index (χ3v) is 4.15. The summed E-state index contributed by atoms with van der Waals surface area (Å²) in [4.78, 5) is 20.7. The van der Waals surface area contributed by atoms with E-state index in [1.165, 1.54) is 0 Å². The summed E-state index contributed by atoms with van der Waals surface area (Å²) in [6.07, 6.45) is 0. The van der Waals surface area contributed by atoms with Crippen LogP contribution in [0, 0.1) is 0 Å². The van der Waals surface area contributed by atoms with Crippen LogP contribution in [0.1, 0.15) is 0 Å². The second-order valence-electron chi connectivity index (χ2n) is 5.59. The molecule has 0 unspecified atom stereocenters. The number of aliphatic carboxylic acids is 1. The highest BCUT2D eigenvalue weighted by Gasteiger charge is 2.17. The molecule has 2 heterocycles. The molecule has 7 heteroatoms. The molecule has 1 N–H and O–H groups in total. The SMILES string of the molecule is COc1cc2nc3c4ccccc4n(CC(=O)O)c3nc2cc1OC. The van der Waals surface area contributed by atoms with Gasteiger partial charge in [-0.25, -0.2) is 9.97 Å². The molecule has 4 rings (SSSR count). The summed E-state index contributed by atoms with van der Waals surface area (Å²) in [6.45, 7) is -0.183. The molecule has 0 aliphatic heterocycles. The van der Waals surface area contributed by atoms with Gasteiger partial charge in [0.05, 0.1) is 30.8 Å². The van der Waals surface area contributed by atoms with Gasteiger partial charge in [0.15, 0.2) is 17.1 Å². The lowest BCUT2D eigenvalue weighted by molar-refractivity contribution is -0.137. The van der Waals surface area contributed by atoms with E-state index < -0.39 is 5.97 Å². The Balaban J connectivity index is 2.12. The standard InChI is InChI=1S/C18H15N3O4/c1-24-14-7-11-12(8-15(14)25-2)20-18-17(19-11)10-5-3-4-6-13(10)21(18)9-16(22)23/h3-8H,9H2,1-2H3,(H,22,23). The third kappa shape index (κ3) is 2.32. The number of nitrogens with zero attached hydrogens (tertiary/aromatic N) is 3. The number of benzene rings is 2. The van der Waals surface area contributed by atoms with Crippen LogP contribution < -0.4 is 9.47 Å². The highest BCUT2D eigenvalue weighted by Crippen LogP contribution is 2.33. The van der Waals surface area contributed by atoms with Gasteiger partial charge in [0, 0.05) is 17.5 Å². The zero-order valence-electron chi connectivity index (χ0n) is 13.7. The van der Waals surface area contributed by atoms with Crippen molar-refractivity contribution < 1.29 is 19.4 Å². The summed E-state index contributed by atoms with van der Waals surface area (Å²) in [7, 11) is 3.12. The monoisotopic (exact) mass is 337 g/mol. The van der Waals surface area contributed by atoms with Crippen molar-refractivity contribution in [1.82, 2.24) is 14.5 Å². The maximum Gasteiger partial charge on any atom is 0.323 e. The van der Waals surface area contributed by atoms with Crippen molar-refractivity contribution in [1.29, 1.82) is 0 Å². The van der Waals surface area contributed by atoms with Crippen LogP contribution in [0.4, 0.5) is 0 Å². The smallest absolute Gasteiger partial charge is 0.323 e. The van der Waals surface area contributed by atoms with Crippen LogP contribution in [0.25, 0.3) is 33.1 Å². The summed E-state index contributed by atoms with van der Waals surface area (Å²) in [5, 5.41) is 10.1. The van der Waals surface area contributed by atoms with Crippen LogP contribution in [0.5, 0.6) is 11.5 Å². The van der Waals surface area contributed by atoms with Crippen LogP contribution >= 0.6 is 0 Å². The van der Waals surface area contributed by atoms with Gasteiger partial charge >= 0.3 is 5.97 Å². The molecule has 0 saturated carbocycles. The zero-order chi connectivity index (χ0) is 17.6. The highest BCUT2D eigenvalue weighted by atomic mass is 16.5. The Morgan fingerprint density at radius 2 is 1.72 bits per heavy atom. The molecule has 0 radical (unpaired) electrons. The first kappa shape index (κ1) is 15.2. The van der Waals surface area contributed by atoms with Crippen molar-refractivity contribution in [3.8, 4) is 11.5 Å². The maximum atomic E-state index is 11.3. The lowest BCUT2D eigenvalue weighted by Gasteiger charge is -2.09. The number of rotatable bonds is 4. The normalized spacial score (nSPS) is 11.3. The highest BCUT2D eigenvalue weighted by molar-refractivity contribution is 6.07. The summed E-state index contributed by atoms with van der Waals surface area (Å²) in [6, 6.07) is 11.1. The molecule has 0 saturated heterocycles. The van der Waals surface area contributed by atoms with Crippen molar-refractivity contribution in [2.75, 3.05) is 14.2 Å². The topological polar surface area (TPSA) is 86.5 Å². The molecular weight excluding hydrogens is 322 g/mol. The van der Waals surface area contributed by atoms with Crippen LogP contribution in [-0.2, 0) is 11.3 Å². The molecule has 0 aliphatic rings. The number of fused-ring (bicyclic) bond motifs is 4. The van der Waals surface area contributed by atoms with Gasteiger partial charge in [0.2, 0.25) is 0 Å². The summed E-state index contributed by atoms with van der Waals surface area (Å²) in [5.74, 6) is 0.180. The molecule has 0 fully saturated rings. The van der Waals surface area contributed by atoms with Crippen LogP contribution in [-0.4, -0.2) is 39.8 Å². The predicted octanol–water partition coefficient (Wildman–Crippen LogP) is 2.84. The van der Waals surface area contributed by atoms with Gasteiger partial charge in [-0.3, -0.25) is 4.79 Å². The Morgan fingerprint density at radius 1 is 1.08 bits per heavy atom. The summed E-state index contributed by atoms with van der Waals surface area (Å²) in [5.41, 5.74) is 3.25. The molecule has 0 spiro atoms. The molecule has 0 atom stereocenters. The second-order valence-corrected chi connectivity index (χ2v) is 5.59. The molecule has 25 heavy (non-hydrogen) atoms. The first-order valence-corrected chi connectivity index (χ1v) is 7.65. The maximum absolute atomic E-state index is 11.3. The Bertz CT molecular complexity index is 1130. The van der Waals surface area contributed by atoms with E-state index in [1.807, 2.05) is 24.3 Å². The van der Waals surface area contributed by atoms with Gasteiger partial charge in [0.1, 0.15) is 12.1 Å². The van der Waals surface area contributed by atoms with Gasteiger partial charge < -0.3 is 19.1 Å². The van der Waals surface area contributed by atoms with E-state index in [0.29, 0.717) is 33.7 Å². The Morgan fingerprint density at radius 3 is 2.36 bits per heavy atom. The van der Waals surface area contributed by atoms with Gasteiger partial charge in [0.25, 0.3) is 0 Å². The first-order chi connectivity index (χ1) is 12.1. The van der Waals surface area contributed by atoms with Gasteiger partial charge in [-0.05, 0) is 6.07 Å². The van der Waals surface area contributed by atoms with Gasteiger partial charge in [-0.2, -0.15) is 0 Å². The quantitative estimate of drug-likeness (QED) is 0.616. The number of ether oxygens (including phenoxy) is 2. The van der Waals surface area contributed by atoms with Crippen molar-refractivity contribution in [3.63, 3.8) is 0 Å². The van der Waals surface area contributed by atoms with Gasteiger partial charge in [-0.1, -0.05) is 18.2 Å². The van der Waals surface area contributed by atoms with Crippen molar-refractivity contribution in [2.24, 2.45) is 0 Å². The fourth-order valence-corrected chi connectivity index (χ4v) is 3.06.